The van der Waals surface area contributed by atoms with Crippen molar-refractivity contribution in [1.82, 2.24) is 15.2 Å². The second kappa shape index (κ2) is 9.80. The minimum Gasteiger partial charge on any atom is -0.368 e. The summed E-state index contributed by atoms with van der Waals surface area (Å²) in [7, 11) is 0. The summed E-state index contributed by atoms with van der Waals surface area (Å²) >= 11 is 6.52. The lowest BCUT2D eigenvalue weighted by atomic mass is 9.99. The van der Waals surface area contributed by atoms with Crippen molar-refractivity contribution < 1.29 is 9.59 Å². The van der Waals surface area contributed by atoms with Crippen LogP contribution in [-0.2, 0) is 11.3 Å². The monoisotopic (exact) mass is 482 g/mol. The van der Waals surface area contributed by atoms with Gasteiger partial charge in [0.1, 0.15) is 6.04 Å². The molecule has 8 nitrogen and oxygen atoms in total. The van der Waals surface area contributed by atoms with E-state index < -0.39 is 0 Å². The van der Waals surface area contributed by atoms with Crippen LogP contribution in [0.2, 0.25) is 5.02 Å². The number of carbonyl (C=O) groups excluding carboxylic acids is 2. The van der Waals surface area contributed by atoms with Crippen LogP contribution in [0, 0.1) is 0 Å². The van der Waals surface area contributed by atoms with Gasteiger partial charge in [-0.15, -0.1) is 0 Å². The summed E-state index contributed by atoms with van der Waals surface area (Å²) in [6.45, 7) is 7.66. The molecule has 2 fully saturated rings. The van der Waals surface area contributed by atoms with E-state index in [4.69, 9.17) is 16.6 Å². The van der Waals surface area contributed by atoms with Gasteiger partial charge >= 0.3 is 0 Å². The fraction of sp³-hybridized carbons (Fsp3) is 0.480. The molecule has 9 heteroatoms. The Morgan fingerprint density at radius 3 is 2.76 bits per heavy atom. The van der Waals surface area contributed by atoms with E-state index in [1.807, 2.05) is 25.3 Å². The molecule has 2 amide bonds. The van der Waals surface area contributed by atoms with Crippen molar-refractivity contribution in [3.8, 4) is 0 Å². The maximum atomic E-state index is 12.6. The first-order chi connectivity index (χ1) is 16.5. The Kier molecular flexibility index (Phi) is 6.61. The number of anilines is 3. The molecule has 2 saturated heterocycles. The summed E-state index contributed by atoms with van der Waals surface area (Å²) in [5, 5.41) is 6.48. The van der Waals surface area contributed by atoms with Crippen LogP contribution in [0.1, 0.15) is 42.1 Å². The van der Waals surface area contributed by atoms with Crippen LogP contribution in [0.5, 0.6) is 0 Å². The highest BCUT2D eigenvalue weighted by molar-refractivity contribution is 6.33. The molecular formula is C25H31ClN6O2. The molecule has 0 bridgehead atoms. The third kappa shape index (κ3) is 4.57. The smallest absolute Gasteiger partial charge is 0.251 e. The first kappa shape index (κ1) is 22.9. The van der Waals surface area contributed by atoms with Crippen LogP contribution >= 0.6 is 11.6 Å². The number of nitrogens with zero attached hydrogens (tertiary/aromatic N) is 4. The highest BCUT2D eigenvalue weighted by Crippen LogP contribution is 2.35. The molecule has 180 valence electrons. The van der Waals surface area contributed by atoms with Crippen molar-refractivity contribution in [1.29, 1.82) is 0 Å². The van der Waals surface area contributed by atoms with Gasteiger partial charge in [0, 0.05) is 57.6 Å². The summed E-state index contributed by atoms with van der Waals surface area (Å²) in [4.78, 5) is 36.2. The molecule has 1 aromatic carbocycles. The van der Waals surface area contributed by atoms with Crippen LogP contribution < -0.4 is 20.4 Å². The molecule has 34 heavy (non-hydrogen) atoms. The number of hydrogen-bond donors (Lipinski definition) is 2. The van der Waals surface area contributed by atoms with Gasteiger partial charge in [0.2, 0.25) is 5.91 Å². The molecule has 2 N–H and O–H groups in total. The summed E-state index contributed by atoms with van der Waals surface area (Å²) in [5.41, 5.74) is 3.48. The molecular weight excluding hydrogens is 452 g/mol. The predicted octanol–water partition coefficient (Wildman–Crippen LogP) is 3.12. The molecule has 5 rings (SSSR count). The van der Waals surface area contributed by atoms with E-state index in [1.54, 1.807) is 6.07 Å². The molecule has 1 aromatic heterocycles. The van der Waals surface area contributed by atoms with Crippen LogP contribution in [0.4, 0.5) is 17.2 Å². The van der Waals surface area contributed by atoms with Crippen molar-refractivity contribution in [2.45, 2.75) is 38.8 Å². The lowest BCUT2D eigenvalue weighted by Gasteiger charge is -2.40. The number of piperazine rings is 1. The average molecular weight is 483 g/mol. The topological polar surface area (TPSA) is 80.8 Å². The molecule has 0 radical (unpaired) electrons. The normalized spacial score (nSPS) is 20.4. The minimum absolute atomic E-state index is 0.0744. The first-order valence-corrected chi connectivity index (χ1v) is 12.5. The Balaban J connectivity index is 1.21. The number of halogens is 1. The van der Waals surface area contributed by atoms with E-state index in [1.165, 1.54) is 0 Å². The number of nitrogens with one attached hydrogen (secondary N) is 2. The molecule has 4 heterocycles. The number of aromatic nitrogens is 1. The summed E-state index contributed by atoms with van der Waals surface area (Å²) in [5.74, 6) is 0.893. The Morgan fingerprint density at radius 1 is 1.18 bits per heavy atom. The highest BCUT2D eigenvalue weighted by atomic mass is 35.5. The Bertz CT molecular complexity index is 1090. The summed E-state index contributed by atoms with van der Waals surface area (Å²) in [6, 6.07) is 7.52. The van der Waals surface area contributed by atoms with E-state index in [2.05, 4.69) is 31.4 Å². The third-order valence-electron chi connectivity index (χ3n) is 6.93. The Morgan fingerprint density at radius 2 is 2.00 bits per heavy atom. The standard InChI is InChI=1S/C25H31ClN6O2/c1-2-27-24(33)18-6-7-21(19(26)14-18)31-11-9-30(10-12-31)16-17-13-20-23(28-15-17)32-8-4-3-5-22(32)25(34)29-20/h6-7,13-15,22H,2-5,8-12,16H2,1H3,(H,27,33)(H,29,34). The summed E-state index contributed by atoms with van der Waals surface area (Å²) in [6.07, 6.45) is 5.05. The van der Waals surface area contributed by atoms with Crippen LogP contribution in [0.25, 0.3) is 0 Å². The third-order valence-corrected chi connectivity index (χ3v) is 7.23. The van der Waals surface area contributed by atoms with Crippen molar-refractivity contribution in [3.63, 3.8) is 0 Å². The van der Waals surface area contributed by atoms with Gasteiger partial charge in [-0.2, -0.15) is 0 Å². The van der Waals surface area contributed by atoms with Crippen LogP contribution in [-0.4, -0.2) is 67.0 Å². The minimum atomic E-state index is -0.105. The number of piperidine rings is 1. The zero-order chi connectivity index (χ0) is 23.7. The molecule has 0 aliphatic carbocycles. The average Bonchev–Trinajstić information content (AvgIpc) is 2.85. The van der Waals surface area contributed by atoms with E-state index in [0.717, 1.165) is 81.3 Å². The molecule has 1 unspecified atom stereocenters. The Hall–Kier alpha value is -2.84. The van der Waals surface area contributed by atoms with Gasteiger partial charge in [0.15, 0.2) is 5.82 Å². The van der Waals surface area contributed by atoms with Gasteiger partial charge in [-0.3, -0.25) is 14.5 Å². The molecule has 3 aliphatic heterocycles. The lowest BCUT2D eigenvalue weighted by molar-refractivity contribution is -0.118. The SMILES string of the molecule is CCNC(=O)c1ccc(N2CCN(Cc3cnc4c(c3)NC(=O)C3CCCCN43)CC2)c(Cl)c1. The molecule has 3 aliphatic rings. The number of fused-ring (bicyclic) bond motifs is 3. The maximum absolute atomic E-state index is 12.6. The van der Waals surface area contributed by atoms with Gasteiger partial charge in [-0.1, -0.05) is 11.6 Å². The number of hydrogen-bond acceptors (Lipinski definition) is 6. The lowest BCUT2D eigenvalue weighted by Crippen LogP contribution is -2.51. The second-order valence-electron chi connectivity index (χ2n) is 9.20. The second-order valence-corrected chi connectivity index (χ2v) is 9.60. The summed E-state index contributed by atoms with van der Waals surface area (Å²) < 4.78 is 0. The molecule has 0 spiro atoms. The number of carbonyl (C=O) groups is 2. The molecule has 0 saturated carbocycles. The highest BCUT2D eigenvalue weighted by Gasteiger charge is 2.35. The van der Waals surface area contributed by atoms with Crippen molar-refractivity contribution >= 4 is 40.6 Å². The van der Waals surface area contributed by atoms with Gasteiger partial charge < -0.3 is 20.4 Å². The van der Waals surface area contributed by atoms with E-state index >= 15 is 0 Å². The van der Waals surface area contributed by atoms with E-state index in [0.29, 0.717) is 17.1 Å². The van der Waals surface area contributed by atoms with Gasteiger partial charge in [0.05, 0.1) is 16.4 Å². The van der Waals surface area contributed by atoms with E-state index in [9.17, 15) is 9.59 Å². The number of rotatable bonds is 5. The quantitative estimate of drug-likeness (QED) is 0.681. The van der Waals surface area contributed by atoms with Crippen molar-refractivity contribution in [2.24, 2.45) is 0 Å². The number of amides is 2. The van der Waals surface area contributed by atoms with Crippen LogP contribution in [0.15, 0.2) is 30.5 Å². The predicted molar refractivity (Wildman–Crippen MR) is 135 cm³/mol. The first-order valence-electron chi connectivity index (χ1n) is 12.1. The Labute approximate surface area is 205 Å². The van der Waals surface area contributed by atoms with Crippen molar-refractivity contribution in [3.05, 3.63) is 46.6 Å². The fourth-order valence-corrected chi connectivity index (χ4v) is 5.45. The largest absolute Gasteiger partial charge is 0.368 e. The molecule has 1 atom stereocenters. The zero-order valence-electron chi connectivity index (χ0n) is 19.5. The maximum Gasteiger partial charge on any atom is 0.251 e. The van der Waals surface area contributed by atoms with Gasteiger partial charge in [-0.25, -0.2) is 4.98 Å². The number of benzene rings is 1. The van der Waals surface area contributed by atoms with Gasteiger partial charge in [0.25, 0.3) is 5.91 Å². The van der Waals surface area contributed by atoms with E-state index in [-0.39, 0.29) is 17.9 Å². The number of pyridine rings is 1. The molecule has 2 aromatic rings. The van der Waals surface area contributed by atoms with Gasteiger partial charge in [-0.05, 0) is 56.0 Å². The zero-order valence-corrected chi connectivity index (χ0v) is 20.3. The fourth-order valence-electron chi connectivity index (χ4n) is 5.15. The van der Waals surface area contributed by atoms with Crippen molar-refractivity contribution in [2.75, 3.05) is 54.4 Å². The van der Waals surface area contributed by atoms with Crippen LogP contribution in [0.3, 0.4) is 0 Å².